The lowest BCUT2D eigenvalue weighted by atomic mass is 10.0. The van der Waals surface area contributed by atoms with Gasteiger partial charge in [0.15, 0.2) is 0 Å². The van der Waals surface area contributed by atoms with Crippen LogP contribution in [0.3, 0.4) is 0 Å². The lowest BCUT2D eigenvalue weighted by Gasteiger charge is -2.14. The number of fused-ring (bicyclic) bond motifs is 1. The van der Waals surface area contributed by atoms with Crippen molar-refractivity contribution in [1.82, 2.24) is 10.6 Å². The van der Waals surface area contributed by atoms with Gasteiger partial charge in [0.05, 0.1) is 10.6 Å². The van der Waals surface area contributed by atoms with Crippen molar-refractivity contribution in [2.24, 2.45) is 0 Å². The average molecular weight is 542 g/mol. The molecule has 0 heterocycles. The normalized spacial score (nSPS) is 11.2. The van der Waals surface area contributed by atoms with E-state index in [1.54, 1.807) is 61.6 Å². The van der Waals surface area contributed by atoms with Crippen LogP contribution in [0.25, 0.3) is 10.8 Å². The Labute approximate surface area is 218 Å². The van der Waals surface area contributed by atoms with Gasteiger partial charge < -0.3 is 10.6 Å². The topological polar surface area (TPSA) is 104 Å². The molecule has 0 fully saturated rings. The third-order valence-corrected chi connectivity index (χ3v) is 7.21. The molecular weight excluding hydrogens is 521 g/mol. The van der Waals surface area contributed by atoms with E-state index in [0.717, 1.165) is 5.56 Å². The van der Waals surface area contributed by atoms with E-state index in [4.69, 9.17) is 23.2 Å². The first kappa shape index (κ1) is 25.5. The Hall–Kier alpha value is -3.59. The van der Waals surface area contributed by atoms with Crippen LogP contribution in [0.4, 0.5) is 5.69 Å². The van der Waals surface area contributed by atoms with Crippen molar-refractivity contribution in [3.8, 4) is 0 Å². The van der Waals surface area contributed by atoms with Gasteiger partial charge in [-0.25, -0.2) is 8.42 Å². The summed E-state index contributed by atoms with van der Waals surface area (Å²) in [7, 11) is -2.44. The van der Waals surface area contributed by atoms with Crippen molar-refractivity contribution in [2.75, 3.05) is 11.8 Å². The Morgan fingerprint density at radius 1 is 0.806 bits per heavy atom. The summed E-state index contributed by atoms with van der Waals surface area (Å²) in [5.41, 5.74) is 1.93. The molecule has 0 bridgehead atoms. The molecule has 0 aliphatic heterocycles. The van der Waals surface area contributed by atoms with E-state index < -0.39 is 10.0 Å². The smallest absolute Gasteiger partial charge is 0.262 e. The second-order valence-electron chi connectivity index (χ2n) is 7.88. The number of hydrogen-bond donors (Lipinski definition) is 3. The number of nitrogens with one attached hydrogen (secondary N) is 3. The zero-order valence-electron chi connectivity index (χ0n) is 19.0. The molecule has 184 valence electrons. The maximum Gasteiger partial charge on any atom is 0.262 e. The highest BCUT2D eigenvalue weighted by Crippen LogP contribution is 2.30. The van der Waals surface area contributed by atoms with E-state index >= 15 is 0 Å². The summed E-state index contributed by atoms with van der Waals surface area (Å²) in [5.74, 6) is -0.556. The highest BCUT2D eigenvalue weighted by atomic mass is 35.5. The van der Waals surface area contributed by atoms with Gasteiger partial charge in [-0.15, -0.1) is 0 Å². The Morgan fingerprint density at radius 3 is 2.19 bits per heavy atom. The predicted octanol–water partition coefficient (Wildman–Crippen LogP) is 5.24. The van der Waals surface area contributed by atoms with Gasteiger partial charge in [0.2, 0.25) is 0 Å². The van der Waals surface area contributed by atoms with Gasteiger partial charge in [-0.1, -0.05) is 59.6 Å². The van der Waals surface area contributed by atoms with Crippen molar-refractivity contribution >= 4 is 61.5 Å². The molecule has 4 aromatic carbocycles. The van der Waals surface area contributed by atoms with Crippen molar-refractivity contribution in [1.29, 1.82) is 0 Å². The molecule has 0 radical (unpaired) electrons. The van der Waals surface area contributed by atoms with Crippen LogP contribution in [0.15, 0.2) is 83.8 Å². The Morgan fingerprint density at radius 2 is 1.47 bits per heavy atom. The van der Waals surface area contributed by atoms with Crippen LogP contribution >= 0.6 is 23.2 Å². The Kier molecular flexibility index (Phi) is 7.49. The molecule has 36 heavy (non-hydrogen) atoms. The summed E-state index contributed by atoms with van der Waals surface area (Å²) >= 11 is 11.9. The number of hydrogen-bond acceptors (Lipinski definition) is 4. The minimum absolute atomic E-state index is 0.0788. The number of benzene rings is 4. The highest BCUT2D eigenvalue weighted by Gasteiger charge is 2.18. The number of amides is 2. The van der Waals surface area contributed by atoms with Crippen molar-refractivity contribution < 1.29 is 18.0 Å². The summed E-state index contributed by atoms with van der Waals surface area (Å²) in [4.78, 5) is 24.8. The molecule has 3 N–H and O–H groups in total. The average Bonchev–Trinajstić information content (AvgIpc) is 2.86. The fourth-order valence-corrected chi connectivity index (χ4v) is 5.53. The van der Waals surface area contributed by atoms with Gasteiger partial charge >= 0.3 is 0 Å². The standard InChI is InChI=1S/C26H21Cl2N3O4S/c1-29-25(32)17-6-2-5-16(11-17)15-30-26(33)23-9-3-8-22-21(23)7-4-10-24(22)31-36(34,35)20-13-18(27)12-19(28)14-20/h2-14,31H,15H2,1H3,(H,29,32)(H,30,33). The monoisotopic (exact) mass is 541 g/mol. The number of carbonyl (C=O) groups excluding carboxylic acids is 2. The molecule has 0 aliphatic carbocycles. The van der Waals surface area contributed by atoms with Gasteiger partial charge in [-0.3, -0.25) is 14.3 Å². The minimum atomic E-state index is -3.99. The summed E-state index contributed by atoms with van der Waals surface area (Å²) in [6, 6.07) is 21.1. The number of halogens is 2. The number of sulfonamides is 1. The molecule has 4 rings (SSSR count). The molecule has 4 aromatic rings. The zero-order chi connectivity index (χ0) is 25.9. The van der Waals surface area contributed by atoms with Crippen LogP contribution in [0, 0.1) is 0 Å². The second-order valence-corrected chi connectivity index (χ2v) is 10.4. The first-order chi connectivity index (χ1) is 17.2. The SMILES string of the molecule is CNC(=O)c1cccc(CNC(=O)c2cccc3c(NS(=O)(=O)c4cc(Cl)cc(Cl)c4)cccc23)c1. The molecule has 0 saturated carbocycles. The summed E-state index contributed by atoms with van der Waals surface area (Å²) in [6.45, 7) is 0.210. The molecule has 10 heteroatoms. The Bertz CT molecular complexity index is 1570. The first-order valence-electron chi connectivity index (χ1n) is 10.8. The van der Waals surface area contributed by atoms with Crippen molar-refractivity contribution in [2.45, 2.75) is 11.4 Å². The maximum atomic E-state index is 13.0. The van der Waals surface area contributed by atoms with E-state index in [1.165, 1.54) is 18.2 Å². The third kappa shape index (κ3) is 5.62. The molecule has 0 atom stereocenters. The van der Waals surface area contributed by atoms with Crippen LogP contribution in [0.5, 0.6) is 0 Å². The number of rotatable bonds is 7. The molecule has 2 amide bonds. The second kappa shape index (κ2) is 10.6. The van der Waals surface area contributed by atoms with Gasteiger partial charge in [0, 0.05) is 40.2 Å². The molecule has 0 aliphatic rings. The largest absolute Gasteiger partial charge is 0.355 e. The number of carbonyl (C=O) groups is 2. The lowest BCUT2D eigenvalue weighted by molar-refractivity contribution is 0.0950. The summed E-state index contributed by atoms with van der Waals surface area (Å²) in [5, 5.41) is 6.93. The van der Waals surface area contributed by atoms with Gasteiger partial charge in [-0.05, 0) is 53.4 Å². The van der Waals surface area contributed by atoms with Crippen LogP contribution in [-0.4, -0.2) is 27.3 Å². The molecule has 0 unspecified atom stereocenters. The molecular formula is C26H21Cl2N3O4S. The van der Waals surface area contributed by atoms with E-state index in [0.29, 0.717) is 27.6 Å². The highest BCUT2D eigenvalue weighted by molar-refractivity contribution is 7.92. The minimum Gasteiger partial charge on any atom is -0.355 e. The van der Waals surface area contributed by atoms with Crippen molar-refractivity contribution in [3.05, 3.63) is 106 Å². The van der Waals surface area contributed by atoms with E-state index in [2.05, 4.69) is 15.4 Å². The van der Waals surface area contributed by atoms with Gasteiger partial charge in [0.1, 0.15) is 0 Å². The van der Waals surface area contributed by atoms with Crippen LogP contribution < -0.4 is 15.4 Å². The van der Waals surface area contributed by atoms with Gasteiger partial charge in [0.25, 0.3) is 21.8 Å². The van der Waals surface area contributed by atoms with E-state index in [-0.39, 0.29) is 33.3 Å². The van der Waals surface area contributed by atoms with Crippen LogP contribution in [0.2, 0.25) is 10.0 Å². The maximum absolute atomic E-state index is 13.0. The third-order valence-electron chi connectivity index (χ3n) is 5.43. The van der Waals surface area contributed by atoms with E-state index in [9.17, 15) is 18.0 Å². The van der Waals surface area contributed by atoms with Crippen molar-refractivity contribution in [3.63, 3.8) is 0 Å². The zero-order valence-corrected chi connectivity index (χ0v) is 21.3. The molecule has 0 saturated heterocycles. The lowest BCUT2D eigenvalue weighted by Crippen LogP contribution is -2.23. The number of anilines is 1. The quantitative estimate of drug-likeness (QED) is 0.297. The summed E-state index contributed by atoms with van der Waals surface area (Å²) in [6.07, 6.45) is 0. The molecule has 0 spiro atoms. The predicted molar refractivity (Wildman–Crippen MR) is 142 cm³/mol. The fourth-order valence-electron chi connectivity index (χ4n) is 3.73. The van der Waals surface area contributed by atoms with Gasteiger partial charge in [-0.2, -0.15) is 0 Å². The van der Waals surface area contributed by atoms with E-state index in [1.807, 2.05) is 6.07 Å². The van der Waals surface area contributed by atoms with Crippen LogP contribution in [-0.2, 0) is 16.6 Å². The fraction of sp³-hybridized carbons (Fsp3) is 0.0769. The first-order valence-corrected chi connectivity index (χ1v) is 13.0. The molecule has 7 nitrogen and oxygen atoms in total. The Balaban J connectivity index is 1.60. The van der Waals surface area contributed by atoms with Crippen LogP contribution in [0.1, 0.15) is 26.3 Å². The summed E-state index contributed by atoms with van der Waals surface area (Å²) < 4.78 is 28.5. The molecule has 0 aromatic heterocycles.